The molecule has 1 heterocycles. The Bertz CT molecular complexity index is 237. The van der Waals surface area contributed by atoms with Gasteiger partial charge in [-0.05, 0) is 13.0 Å². The van der Waals surface area contributed by atoms with Crippen molar-refractivity contribution in [2.75, 3.05) is 0 Å². The Balaban J connectivity index is 2.48. The van der Waals surface area contributed by atoms with Gasteiger partial charge in [0.1, 0.15) is 17.7 Å². The van der Waals surface area contributed by atoms with Gasteiger partial charge >= 0.3 is 0 Å². The van der Waals surface area contributed by atoms with Gasteiger partial charge in [0, 0.05) is 0 Å². The molecule has 1 fully saturated rings. The molecule has 0 saturated carbocycles. The summed E-state index contributed by atoms with van der Waals surface area (Å²) in [4.78, 5) is 0. The molecule has 0 aromatic carbocycles. The predicted octanol–water partition coefficient (Wildman–Crippen LogP) is 0.679. The predicted molar refractivity (Wildman–Crippen MR) is 34.7 cm³/mol. The fraction of sp³-hybridized carbons (Fsp3) is 0.429. The van der Waals surface area contributed by atoms with E-state index < -0.39 is 6.29 Å². The van der Waals surface area contributed by atoms with E-state index in [1.54, 1.807) is 19.1 Å². The third kappa shape index (κ3) is 1.78. The molecule has 0 spiro atoms. The molecule has 4 heteroatoms. The van der Waals surface area contributed by atoms with Crippen LogP contribution >= 0.6 is 0 Å². The number of ether oxygens (including phenoxy) is 2. The summed E-state index contributed by atoms with van der Waals surface area (Å²) in [6.07, 6.45) is 0.606. The molecule has 0 aliphatic carbocycles. The van der Waals surface area contributed by atoms with Gasteiger partial charge in [-0.1, -0.05) is 0 Å². The van der Waals surface area contributed by atoms with Crippen molar-refractivity contribution in [3.8, 4) is 12.1 Å². The third-order valence-corrected chi connectivity index (χ3v) is 1.20. The van der Waals surface area contributed by atoms with Gasteiger partial charge in [0.25, 0.3) is 0 Å². The molecule has 0 atom stereocenters. The summed E-state index contributed by atoms with van der Waals surface area (Å²) in [5.74, 6) is 0. The molecule has 11 heavy (non-hydrogen) atoms. The van der Waals surface area contributed by atoms with Crippen LogP contribution in [0.2, 0.25) is 0 Å². The highest BCUT2D eigenvalue weighted by atomic mass is 16.9. The molecule has 0 N–H and O–H groups in total. The Hall–Kier alpha value is -1.36. The van der Waals surface area contributed by atoms with Crippen LogP contribution < -0.4 is 0 Å². The van der Waals surface area contributed by atoms with E-state index in [4.69, 9.17) is 20.0 Å². The van der Waals surface area contributed by atoms with Gasteiger partial charge in [0.05, 0.1) is 0 Å². The molecular weight excluding hydrogens is 144 g/mol. The quantitative estimate of drug-likeness (QED) is 0.515. The molecule has 1 saturated heterocycles. The normalized spacial score (nSPS) is 27.5. The third-order valence-electron chi connectivity index (χ3n) is 1.20. The van der Waals surface area contributed by atoms with Crippen molar-refractivity contribution in [1.82, 2.24) is 0 Å². The standard InChI is InChI=1S/C7H6N2O2/c1-5-10-7(11-5)2-6(3-8)4-9/h2,5,7H,1H3. The van der Waals surface area contributed by atoms with Crippen molar-refractivity contribution in [2.24, 2.45) is 0 Å². The maximum Gasteiger partial charge on any atom is 0.185 e. The average Bonchev–Trinajstić information content (AvgIpc) is 1.96. The number of rotatable bonds is 1. The first-order valence-corrected chi connectivity index (χ1v) is 3.09. The van der Waals surface area contributed by atoms with Gasteiger partial charge < -0.3 is 9.47 Å². The van der Waals surface area contributed by atoms with Gasteiger partial charge in [0.2, 0.25) is 0 Å². The lowest BCUT2D eigenvalue weighted by atomic mass is 10.3. The van der Waals surface area contributed by atoms with E-state index in [0.29, 0.717) is 0 Å². The van der Waals surface area contributed by atoms with E-state index >= 15 is 0 Å². The van der Waals surface area contributed by atoms with Crippen LogP contribution in [0.5, 0.6) is 0 Å². The van der Waals surface area contributed by atoms with Crippen LogP contribution in [0.3, 0.4) is 0 Å². The summed E-state index contributed by atoms with van der Waals surface area (Å²) in [6, 6.07) is 3.41. The first-order valence-electron chi connectivity index (χ1n) is 3.09. The highest BCUT2D eigenvalue weighted by Gasteiger charge is 2.24. The highest BCUT2D eigenvalue weighted by molar-refractivity contribution is 5.35. The van der Waals surface area contributed by atoms with Gasteiger partial charge in [0.15, 0.2) is 12.6 Å². The summed E-state index contributed by atoms with van der Waals surface area (Å²) < 4.78 is 9.94. The molecule has 0 amide bonds. The number of allylic oxidation sites excluding steroid dienone is 1. The molecule has 0 aromatic rings. The monoisotopic (exact) mass is 150 g/mol. The highest BCUT2D eigenvalue weighted by Crippen LogP contribution is 2.17. The van der Waals surface area contributed by atoms with Gasteiger partial charge in [-0.25, -0.2) is 0 Å². The fourth-order valence-electron chi connectivity index (χ4n) is 0.702. The Labute approximate surface area is 64.2 Å². The molecule has 0 bridgehead atoms. The summed E-state index contributed by atoms with van der Waals surface area (Å²) in [5.41, 5.74) is 0.0156. The van der Waals surface area contributed by atoms with Gasteiger partial charge in [-0.3, -0.25) is 0 Å². The van der Waals surface area contributed by atoms with Crippen LogP contribution in [0.15, 0.2) is 11.6 Å². The molecular formula is C7H6N2O2. The SMILES string of the molecule is CC1OC(C=C(C#N)C#N)O1. The van der Waals surface area contributed by atoms with E-state index in [2.05, 4.69) is 0 Å². The molecule has 0 radical (unpaired) electrons. The lowest BCUT2D eigenvalue weighted by Crippen LogP contribution is -2.37. The van der Waals surface area contributed by atoms with E-state index in [1.165, 1.54) is 6.08 Å². The molecule has 1 rings (SSSR count). The zero-order chi connectivity index (χ0) is 8.27. The second-order valence-corrected chi connectivity index (χ2v) is 2.01. The summed E-state index contributed by atoms with van der Waals surface area (Å²) in [6.45, 7) is 1.74. The molecule has 0 aromatic heterocycles. The number of hydrogen-bond donors (Lipinski definition) is 0. The van der Waals surface area contributed by atoms with Crippen LogP contribution in [0.25, 0.3) is 0 Å². The number of nitrogens with zero attached hydrogens (tertiary/aromatic N) is 2. The lowest BCUT2D eigenvalue weighted by molar-refractivity contribution is -0.354. The van der Waals surface area contributed by atoms with Crippen LogP contribution in [0, 0.1) is 22.7 Å². The lowest BCUT2D eigenvalue weighted by Gasteiger charge is -2.31. The second-order valence-electron chi connectivity index (χ2n) is 2.01. The molecule has 1 aliphatic heterocycles. The first kappa shape index (κ1) is 7.74. The average molecular weight is 150 g/mol. The summed E-state index contributed by atoms with van der Waals surface area (Å²) in [5, 5.41) is 16.6. The zero-order valence-corrected chi connectivity index (χ0v) is 5.94. The van der Waals surface area contributed by atoms with Crippen LogP contribution in [-0.2, 0) is 9.47 Å². The van der Waals surface area contributed by atoms with Crippen molar-refractivity contribution in [1.29, 1.82) is 10.5 Å². The van der Waals surface area contributed by atoms with Crippen LogP contribution in [0.1, 0.15) is 6.92 Å². The summed E-state index contributed by atoms with van der Waals surface area (Å²) >= 11 is 0. The molecule has 4 nitrogen and oxygen atoms in total. The topological polar surface area (TPSA) is 66.0 Å². The first-order chi connectivity index (χ1) is 5.26. The van der Waals surface area contributed by atoms with Crippen molar-refractivity contribution in [2.45, 2.75) is 19.5 Å². The van der Waals surface area contributed by atoms with Gasteiger partial charge in [-0.2, -0.15) is 10.5 Å². The van der Waals surface area contributed by atoms with Crippen molar-refractivity contribution >= 4 is 0 Å². The zero-order valence-electron chi connectivity index (χ0n) is 5.94. The van der Waals surface area contributed by atoms with E-state index in [0.717, 1.165) is 0 Å². The van der Waals surface area contributed by atoms with E-state index in [9.17, 15) is 0 Å². The largest absolute Gasteiger partial charge is 0.320 e. The summed E-state index contributed by atoms with van der Waals surface area (Å²) in [7, 11) is 0. The molecule has 1 aliphatic rings. The number of nitriles is 2. The Morgan fingerprint density at radius 3 is 2.27 bits per heavy atom. The maximum absolute atomic E-state index is 8.31. The van der Waals surface area contributed by atoms with Gasteiger partial charge in [-0.15, -0.1) is 0 Å². The second kappa shape index (κ2) is 3.16. The van der Waals surface area contributed by atoms with Crippen LogP contribution in [-0.4, -0.2) is 12.6 Å². The fourth-order valence-corrected chi connectivity index (χ4v) is 0.702. The Morgan fingerprint density at radius 1 is 1.36 bits per heavy atom. The maximum atomic E-state index is 8.31. The Kier molecular flexibility index (Phi) is 2.22. The van der Waals surface area contributed by atoms with E-state index in [1.807, 2.05) is 0 Å². The smallest absolute Gasteiger partial charge is 0.185 e. The van der Waals surface area contributed by atoms with Crippen molar-refractivity contribution in [3.63, 3.8) is 0 Å². The molecule has 56 valence electrons. The minimum Gasteiger partial charge on any atom is -0.320 e. The number of hydrogen-bond acceptors (Lipinski definition) is 4. The van der Waals surface area contributed by atoms with Crippen LogP contribution in [0.4, 0.5) is 0 Å². The Morgan fingerprint density at radius 2 is 1.91 bits per heavy atom. The molecule has 0 unspecified atom stereocenters. The minimum absolute atomic E-state index is 0.0156. The minimum atomic E-state index is -0.515. The van der Waals surface area contributed by atoms with E-state index in [-0.39, 0.29) is 11.9 Å². The van der Waals surface area contributed by atoms with Crippen molar-refractivity contribution < 1.29 is 9.47 Å². The van der Waals surface area contributed by atoms with Crippen molar-refractivity contribution in [3.05, 3.63) is 11.6 Å².